The summed E-state index contributed by atoms with van der Waals surface area (Å²) in [5.74, 6) is -0.302. The van der Waals surface area contributed by atoms with E-state index in [2.05, 4.69) is 20.1 Å². The second-order valence-electron chi connectivity index (χ2n) is 6.27. The van der Waals surface area contributed by atoms with Crippen molar-refractivity contribution in [3.63, 3.8) is 0 Å². The molecule has 0 saturated carbocycles. The number of nitrogens with zero attached hydrogens (tertiary/aromatic N) is 3. The summed E-state index contributed by atoms with van der Waals surface area (Å²) in [7, 11) is -4.09. The number of hydrogen-bond donors (Lipinski definition) is 2. The maximum Gasteiger partial charge on any atom is 0.266 e. The highest BCUT2D eigenvalue weighted by atomic mass is 35.5. The maximum absolute atomic E-state index is 14.6. The Morgan fingerprint density at radius 3 is 2.57 bits per heavy atom. The Kier molecular flexibility index (Phi) is 5.46. The molecule has 4 rings (SSSR count). The van der Waals surface area contributed by atoms with E-state index in [4.69, 9.17) is 11.6 Å². The number of nitrogens with one attached hydrogen (secondary N) is 2. The summed E-state index contributed by atoms with van der Waals surface area (Å²) in [4.78, 5) is 3.38. The van der Waals surface area contributed by atoms with Gasteiger partial charge in [-0.25, -0.2) is 22.5 Å². The van der Waals surface area contributed by atoms with Gasteiger partial charge in [-0.15, -0.1) is 11.3 Å². The Morgan fingerprint density at radius 2 is 1.90 bits per heavy atom. The summed E-state index contributed by atoms with van der Waals surface area (Å²) >= 11 is 7.05. The fraction of sp³-hybridized carbons (Fsp3) is 0.0526. The van der Waals surface area contributed by atoms with Crippen LogP contribution in [0.4, 0.5) is 21.0 Å². The third kappa shape index (κ3) is 4.30. The smallest absolute Gasteiger partial charge is 0.266 e. The number of rotatable bonds is 6. The van der Waals surface area contributed by atoms with E-state index < -0.39 is 20.7 Å². The highest BCUT2D eigenvalue weighted by molar-refractivity contribution is 7.93. The second-order valence-corrected chi connectivity index (χ2v) is 9.25. The quantitative estimate of drug-likeness (QED) is 0.421. The minimum atomic E-state index is -4.09. The molecule has 0 atom stereocenters. The van der Waals surface area contributed by atoms with Crippen molar-refractivity contribution >= 4 is 49.6 Å². The number of aromatic nitrogens is 3. The molecule has 11 heteroatoms. The van der Waals surface area contributed by atoms with Crippen molar-refractivity contribution < 1.29 is 12.8 Å². The SMILES string of the molecule is Cc1cc(Nc2ccc(S(=O)(=O)Nc3nccs3)c(F)c2)n(-c2ccc(Cl)cc2)n1. The first kappa shape index (κ1) is 20.3. The summed E-state index contributed by atoms with van der Waals surface area (Å²) in [6.45, 7) is 1.83. The van der Waals surface area contributed by atoms with Gasteiger partial charge >= 0.3 is 0 Å². The molecule has 0 amide bonds. The second kappa shape index (κ2) is 8.05. The summed E-state index contributed by atoms with van der Waals surface area (Å²) in [5.41, 5.74) is 1.89. The van der Waals surface area contributed by atoms with Crippen LogP contribution in [0.2, 0.25) is 5.02 Å². The van der Waals surface area contributed by atoms with Crippen molar-refractivity contribution in [2.75, 3.05) is 10.0 Å². The van der Waals surface area contributed by atoms with E-state index >= 15 is 0 Å². The molecule has 0 fully saturated rings. The highest BCUT2D eigenvalue weighted by Gasteiger charge is 2.21. The molecule has 2 aromatic heterocycles. The van der Waals surface area contributed by atoms with Crippen molar-refractivity contribution in [3.05, 3.63) is 76.6 Å². The van der Waals surface area contributed by atoms with E-state index in [-0.39, 0.29) is 5.13 Å². The standard InChI is InChI=1S/C19H15ClFN5O2S2/c1-12-10-18(26(24-12)15-5-2-13(20)3-6-15)23-14-4-7-17(16(21)11-14)30(27,28)25-19-22-8-9-29-19/h2-11,23H,1H3,(H,22,25). The molecule has 0 saturated heterocycles. The maximum atomic E-state index is 14.6. The first-order valence-electron chi connectivity index (χ1n) is 8.63. The highest BCUT2D eigenvalue weighted by Crippen LogP contribution is 2.26. The van der Waals surface area contributed by atoms with E-state index in [0.717, 1.165) is 28.8 Å². The molecule has 0 unspecified atom stereocenters. The van der Waals surface area contributed by atoms with Crippen LogP contribution in [0.25, 0.3) is 5.69 Å². The molecular weight excluding hydrogens is 449 g/mol. The number of hydrogen-bond acceptors (Lipinski definition) is 6. The monoisotopic (exact) mass is 463 g/mol. The zero-order valence-electron chi connectivity index (χ0n) is 15.5. The summed E-state index contributed by atoms with van der Waals surface area (Å²) in [6, 6.07) is 12.7. The number of thiazole rings is 1. The van der Waals surface area contributed by atoms with Crippen LogP contribution in [0.1, 0.15) is 5.69 Å². The van der Waals surface area contributed by atoms with E-state index in [9.17, 15) is 12.8 Å². The van der Waals surface area contributed by atoms with Gasteiger partial charge in [-0.2, -0.15) is 5.10 Å². The predicted octanol–water partition coefficient (Wildman–Crippen LogP) is 4.97. The lowest BCUT2D eigenvalue weighted by Gasteiger charge is -2.12. The van der Waals surface area contributed by atoms with Gasteiger partial charge in [0.2, 0.25) is 0 Å². The lowest BCUT2D eigenvalue weighted by atomic mass is 10.3. The average molecular weight is 464 g/mol. The van der Waals surface area contributed by atoms with Crippen molar-refractivity contribution in [2.24, 2.45) is 0 Å². The first-order chi connectivity index (χ1) is 14.3. The fourth-order valence-corrected chi connectivity index (χ4v) is 4.73. The Morgan fingerprint density at radius 1 is 1.13 bits per heavy atom. The zero-order valence-corrected chi connectivity index (χ0v) is 17.9. The minimum absolute atomic E-state index is 0.166. The van der Waals surface area contributed by atoms with Crippen molar-refractivity contribution in [2.45, 2.75) is 11.8 Å². The Balaban J connectivity index is 1.61. The van der Waals surface area contributed by atoms with Crippen molar-refractivity contribution in [3.8, 4) is 5.69 Å². The van der Waals surface area contributed by atoms with Crippen LogP contribution < -0.4 is 10.0 Å². The van der Waals surface area contributed by atoms with Crippen LogP contribution in [-0.2, 0) is 10.0 Å². The fourth-order valence-electron chi connectivity index (χ4n) is 2.76. The molecule has 0 spiro atoms. The third-order valence-electron chi connectivity index (χ3n) is 4.05. The minimum Gasteiger partial charge on any atom is -0.340 e. The van der Waals surface area contributed by atoms with Crippen molar-refractivity contribution in [1.82, 2.24) is 14.8 Å². The molecule has 7 nitrogen and oxygen atoms in total. The van der Waals surface area contributed by atoms with Crippen LogP contribution in [-0.4, -0.2) is 23.2 Å². The van der Waals surface area contributed by atoms with E-state index in [1.165, 1.54) is 18.3 Å². The molecule has 2 heterocycles. The summed E-state index contributed by atoms with van der Waals surface area (Å²) in [6.07, 6.45) is 1.46. The Bertz CT molecular complexity index is 1290. The van der Waals surface area contributed by atoms with Crippen LogP contribution in [0.5, 0.6) is 0 Å². The van der Waals surface area contributed by atoms with Gasteiger partial charge < -0.3 is 5.32 Å². The summed E-state index contributed by atoms with van der Waals surface area (Å²) in [5, 5.41) is 9.89. The van der Waals surface area contributed by atoms with E-state index in [0.29, 0.717) is 16.5 Å². The van der Waals surface area contributed by atoms with Gasteiger partial charge in [-0.1, -0.05) is 11.6 Å². The van der Waals surface area contributed by atoms with Crippen molar-refractivity contribution in [1.29, 1.82) is 0 Å². The third-order valence-corrected chi connectivity index (χ3v) is 6.49. The van der Waals surface area contributed by atoms with Gasteiger partial charge in [0.05, 0.1) is 11.4 Å². The lowest BCUT2D eigenvalue weighted by Crippen LogP contribution is -2.14. The van der Waals surface area contributed by atoms with Crippen LogP contribution in [0.3, 0.4) is 0 Å². The molecule has 0 aliphatic rings. The summed E-state index contributed by atoms with van der Waals surface area (Å²) < 4.78 is 43.4. The van der Waals surface area contributed by atoms with Crippen LogP contribution in [0.15, 0.2) is 65.0 Å². The zero-order chi connectivity index (χ0) is 21.3. The normalized spacial score (nSPS) is 11.4. The number of aryl methyl sites for hydroxylation is 1. The Hall–Kier alpha value is -2.95. The Labute approximate surface area is 181 Å². The average Bonchev–Trinajstić information content (AvgIpc) is 3.31. The number of anilines is 3. The van der Waals surface area contributed by atoms with Gasteiger partial charge in [0.1, 0.15) is 16.5 Å². The van der Waals surface area contributed by atoms with Gasteiger partial charge in [0.25, 0.3) is 10.0 Å². The largest absolute Gasteiger partial charge is 0.340 e. The molecule has 2 aromatic carbocycles. The molecular formula is C19H15ClFN5O2S2. The van der Waals surface area contributed by atoms with Crippen LogP contribution >= 0.6 is 22.9 Å². The first-order valence-corrected chi connectivity index (χ1v) is 11.4. The number of sulfonamides is 1. The van der Waals surface area contributed by atoms with Gasteiger partial charge in [-0.05, 0) is 49.4 Å². The number of halogens is 2. The molecule has 2 N–H and O–H groups in total. The molecule has 0 bridgehead atoms. The predicted molar refractivity (Wildman–Crippen MR) is 116 cm³/mol. The molecule has 0 radical (unpaired) electrons. The lowest BCUT2D eigenvalue weighted by molar-refractivity contribution is 0.570. The topological polar surface area (TPSA) is 88.9 Å². The molecule has 0 aliphatic heterocycles. The molecule has 4 aromatic rings. The molecule has 30 heavy (non-hydrogen) atoms. The number of benzene rings is 2. The van der Waals surface area contributed by atoms with Gasteiger partial charge in [-0.3, -0.25) is 4.72 Å². The van der Waals surface area contributed by atoms with Gasteiger partial charge in [0, 0.05) is 28.4 Å². The van der Waals surface area contributed by atoms with Crippen LogP contribution in [0, 0.1) is 12.7 Å². The van der Waals surface area contributed by atoms with Gasteiger partial charge in [0.15, 0.2) is 5.13 Å². The molecule has 154 valence electrons. The van der Waals surface area contributed by atoms with E-state index in [1.807, 2.05) is 6.92 Å². The molecule has 0 aliphatic carbocycles. The van der Waals surface area contributed by atoms with E-state index in [1.54, 1.807) is 40.4 Å².